The van der Waals surface area contributed by atoms with Crippen molar-refractivity contribution in [3.8, 4) is 0 Å². The summed E-state index contributed by atoms with van der Waals surface area (Å²) in [5.74, 6) is 0. The summed E-state index contributed by atoms with van der Waals surface area (Å²) in [6.07, 6.45) is 3.80. The zero-order valence-corrected chi connectivity index (χ0v) is 5.81. The molecule has 0 radical (unpaired) electrons. The molecule has 0 saturated heterocycles. The van der Waals surface area contributed by atoms with Crippen LogP contribution in [0.1, 0.15) is 27.2 Å². The number of hydrogen-bond acceptors (Lipinski definition) is 1. The summed E-state index contributed by atoms with van der Waals surface area (Å²) in [6, 6.07) is 0. The molecule has 0 spiro atoms. The molecule has 1 heteroatoms. The Bertz CT molecular complexity index is 76.9. The Hall–Kier alpha value is -0.460. The molecule has 0 atom stereocenters. The molecule has 0 aromatic carbocycles. The number of allylic oxidation sites excluding steroid dienone is 1. The van der Waals surface area contributed by atoms with Crippen molar-refractivity contribution < 1.29 is 5.11 Å². The lowest BCUT2D eigenvalue weighted by Crippen LogP contribution is -2.01. The van der Waals surface area contributed by atoms with Crippen LogP contribution in [0.2, 0.25) is 0 Å². The van der Waals surface area contributed by atoms with E-state index >= 15 is 0 Å². The van der Waals surface area contributed by atoms with Crippen molar-refractivity contribution in [2.45, 2.75) is 27.2 Å². The zero-order valence-electron chi connectivity index (χ0n) is 5.81. The molecule has 0 aliphatic heterocycles. The van der Waals surface area contributed by atoms with Crippen molar-refractivity contribution in [1.29, 1.82) is 0 Å². The first kappa shape index (κ1) is 7.54. The molecule has 8 heavy (non-hydrogen) atoms. The van der Waals surface area contributed by atoms with Crippen molar-refractivity contribution >= 4 is 0 Å². The van der Waals surface area contributed by atoms with Crippen molar-refractivity contribution in [3.05, 3.63) is 12.3 Å². The summed E-state index contributed by atoms with van der Waals surface area (Å²) in [4.78, 5) is 0. The van der Waals surface area contributed by atoms with Gasteiger partial charge in [0.1, 0.15) is 0 Å². The maximum atomic E-state index is 8.25. The van der Waals surface area contributed by atoms with Crippen LogP contribution in [0.15, 0.2) is 12.3 Å². The third kappa shape index (κ3) is 5.54. The maximum Gasteiger partial charge on any atom is 0.0751 e. The van der Waals surface area contributed by atoms with Gasteiger partial charge in [-0.15, -0.1) is 0 Å². The largest absolute Gasteiger partial charge is 0.516 e. The molecule has 0 amide bonds. The van der Waals surface area contributed by atoms with E-state index < -0.39 is 0 Å². The van der Waals surface area contributed by atoms with E-state index in [2.05, 4.69) is 20.8 Å². The normalized spacial score (nSPS) is 12.9. The van der Waals surface area contributed by atoms with Gasteiger partial charge < -0.3 is 5.11 Å². The highest BCUT2D eigenvalue weighted by Crippen LogP contribution is 2.18. The summed E-state index contributed by atoms with van der Waals surface area (Å²) >= 11 is 0. The molecule has 0 aliphatic carbocycles. The van der Waals surface area contributed by atoms with Crippen LogP contribution in [0.5, 0.6) is 0 Å². The first-order valence-corrected chi connectivity index (χ1v) is 2.85. The van der Waals surface area contributed by atoms with Gasteiger partial charge in [-0.25, -0.2) is 0 Å². The van der Waals surface area contributed by atoms with E-state index in [0.717, 1.165) is 12.7 Å². The summed E-state index contributed by atoms with van der Waals surface area (Å²) in [5.41, 5.74) is 0.305. The Morgan fingerprint density at radius 3 is 2.00 bits per heavy atom. The minimum atomic E-state index is 0.305. The molecular formula is C7H14O. The summed E-state index contributed by atoms with van der Waals surface area (Å²) < 4.78 is 0. The lowest BCUT2D eigenvalue weighted by Gasteiger charge is -2.13. The Balaban J connectivity index is 3.39. The third-order valence-electron chi connectivity index (χ3n) is 0.836. The van der Waals surface area contributed by atoms with Crippen LogP contribution in [0.3, 0.4) is 0 Å². The molecule has 1 nitrogen and oxygen atoms in total. The van der Waals surface area contributed by atoms with Crippen LogP contribution < -0.4 is 0 Å². The van der Waals surface area contributed by atoms with E-state index in [1.165, 1.54) is 0 Å². The van der Waals surface area contributed by atoms with Crippen LogP contribution in [0.4, 0.5) is 0 Å². The van der Waals surface area contributed by atoms with Gasteiger partial charge in [0, 0.05) is 0 Å². The molecule has 0 aromatic rings. The number of aliphatic hydroxyl groups is 1. The van der Waals surface area contributed by atoms with Gasteiger partial charge in [-0.05, 0) is 17.9 Å². The molecule has 48 valence electrons. The van der Waals surface area contributed by atoms with E-state index in [0.29, 0.717) is 5.41 Å². The van der Waals surface area contributed by atoms with Gasteiger partial charge in [-0.3, -0.25) is 0 Å². The quantitative estimate of drug-likeness (QED) is 0.519. The fourth-order valence-corrected chi connectivity index (χ4v) is 0.406. The Labute approximate surface area is 51.0 Å². The second-order valence-electron chi connectivity index (χ2n) is 3.15. The number of rotatable bonds is 1. The van der Waals surface area contributed by atoms with Crippen LogP contribution in [0.25, 0.3) is 0 Å². The average molecular weight is 114 g/mol. The summed E-state index contributed by atoms with van der Waals surface area (Å²) in [5, 5.41) is 8.25. The maximum absolute atomic E-state index is 8.25. The Morgan fingerprint density at radius 2 is 1.88 bits per heavy atom. The Kier molecular flexibility index (Phi) is 2.59. The fraction of sp³-hybridized carbons (Fsp3) is 0.714. The zero-order chi connectivity index (χ0) is 6.62. The standard InChI is InChI=1S/C7H14O/c1-7(2,3)5-4-6-8/h4,6,8H,5H2,1-3H3. The smallest absolute Gasteiger partial charge is 0.0751 e. The molecule has 0 unspecified atom stereocenters. The van der Waals surface area contributed by atoms with E-state index in [-0.39, 0.29) is 0 Å². The van der Waals surface area contributed by atoms with Crippen LogP contribution in [0, 0.1) is 5.41 Å². The number of hydrogen-bond donors (Lipinski definition) is 1. The predicted octanol–water partition coefficient (Wildman–Crippen LogP) is 2.49. The van der Waals surface area contributed by atoms with Gasteiger partial charge in [0.2, 0.25) is 0 Å². The van der Waals surface area contributed by atoms with E-state index in [1.807, 2.05) is 0 Å². The van der Waals surface area contributed by atoms with Crippen LogP contribution in [-0.2, 0) is 0 Å². The van der Waals surface area contributed by atoms with Crippen molar-refractivity contribution in [3.63, 3.8) is 0 Å². The minimum absolute atomic E-state index is 0.305. The molecule has 0 bridgehead atoms. The van der Waals surface area contributed by atoms with Gasteiger partial charge in [0.05, 0.1) is 6.26 Å². The van der Waals surface area contributed by atoms with Gasteiger partial charge >= 0.3 is 0 Å². The molecule has 0 aliphatic rings. The van der Waals surface area contributed by atoms with Crippen LogP contribution >= 0.6 is 0 Å². The highest BCUT2D eigenvalue weighted by molar-refractivity contribution is 4.78. The molecule has 0 fully saturated rings. The molecule has 1 N–H and O–H groups in total. The SMILES string of the molecule is CC(C)(C)CC=CO. The predicted molar refractivity (Wildman–Crippen MR) is 35.8 cm³/mol. The molecule has 0 rings (SSSR count). The first-order chi connectivity index (χ1) is 3.56. The van der Waals surface area contributed by atoms with Gasteiger partial charge in [-0.2, -0.15) is 0 Å². The lowest BCUT2D eigenvalue weighted by molar-refractivity contribution is 0.408. The van der Waals surface area contributed by atoms with E-state index in [1.54, 1.807) is 6.08 Å². The van der Waals surface area contributed by atoms with Crippen molar-refractivity contribution in [2.75, 3.05) is 0 Å². The van der Waals surface area contributed by atoms with Gasteiger partial charge in [0.25, 0.3) is 0 Å². The lowest BCUT2D eigenvalue weighted by atomic mass is 9.93. The van der Waals surface area contributed by atoms with E-state index in [9.17, 15) is 0 Å². The topological polar surface area (TPSA) is 20.2 Å². The third-order valence-corrected chi connectivity index (χ3v) is 0.836. The summed E-state index contributed by atoms with van der Waals surface area (Å²) in [6.45, 7) is 6.40. The van der Waals surface area contributed by atoms with Gasteiger partial charge in [0.15, 0.2) is 0 Å². The highest BCUT2D eigenvalue weighted by atomic mass is 16.2. The van der Waals surface area contributed by atoms with Crippen LogP contribution in [-0.4, -0.2) is 5.11 Å². The Morgan fingerprint density at radius 1 is 1.38 bits per heavy atom. The first-order valence-electron chi connectivity index (χ1n) is 2.85. The fourth-order valence-electron chi connectivity index (χ4n) is 0.406. The molecule has 0 saturated carbocycles. The van der Waals surface area contributed by atoms with Gasteiger partial charge in [-0.1, -0.05) is 20.8 Å². The van der Waals surface area contributed by atoms with Crippen molar-refractivity contribution in [1.82, 2.24) is 0 Å². The summed E-state index contributed by atoms with van der Waals surface area (Å²) in [7, 11) is 0. The van der Waals surface area contributed by atoms with Crippen molar-refractivity contribution in [2.24, 2.45) is 5.41 Å². The molecule has 0 aromatic heterocycles. The molecular weight excluding hydrogens is 100 g/mol. The van der Waals surface area contributed by atoms with E-state index in [4.69, 9.17) is 5.11 Å². The average Bonchev–Trinajstić information content (AvgIpc) is 1.59. The molecule has 0 heterocycles. The highest BCUT2D eigenvalue weighted by Gasteiger charge is 2.05. The number of aliphatic hydroxyl groups excluding tert-OH is 1. The second kappa shape index (κ2) is 2.75. The monoisotopic (exact) mass is 114 g/mol. The minimum Gasteiger partial charge on any atom is -0.516 e. The second-order valence-corrected chi connectivity index (χ2v) is 3.15.